The lowest BCUT2D eigenvalue weighted by Gasteiger charge is -2.18. The van der Waals surface area contributed by atoms with Gasteiger partial charge in [0, 0.05) is 12.8 Å². The number of carbonyl (C=O) groups is 1. The third-order valence-corrected chi connectivity index (χ3v) is 5.30. The molecule has 0 fully saturated rings. The first-order valence-electron chi connectivity index (χ1n) is 11.6. The van der Waals surface area contributed by atoms with E-state index in [-0.39, 0.29) is 6.42 Å². The SMILES string of the molecule is CCCCCCCC/C=C/CCCCCCCC(=O)O[C@H](COP(=O)(O)O)CC(F)F. The van der Waals surface area contributed by atoms with Gasteiger partial charge in [-0.1, -0.05) is 70.4 Å². The maximum atomic E-state index is 12.5. The summed E-state index contributed by atoms with van der Waals surface area (Å²) in [5, 5.41) is 0. The van der Waals surface area contributed by atoms with Gasteiger partial charge in [-0.05, 0) is 32.1 Å². The molecule has 0 aromatic carbocycles. The number of unbranched alkanes of at least 4 members (excludes halogenated alkanes) is 11. The van der Waals surface area contributed by atoms with Gasteiger partial charge in [0.15, 0.2) is 0 Å². The number of halogens is 2. The first-order chi connectivity index (χ1) is 14.7. The van der Waals surface area contributed by atoms with Crippen molar-refractivity contribution in [1.82, 2.24) is 0 Å². The molecule has 0 spiro atoms. The van der Waals surface area contributed by atoms with E-state index in [9.17, 15) is 18.1 Å². The van der Waals surface area contributed by atoms with E-state index < -0.39 is 39.3 Å². The molecule has 0 unspecified atom stereocenters. The standard InChI is InChI=1S/C22H41F2O6P/c1-2-3-4-5-6-7-8-9-10-11-12-13-14-15-16-17-22(25)30-20(18-21(23)24)19-29-31(26,27)28/h9-10,20-21H,2-8,11-19H2,1H3,(H2,26,27,28)/b10-9+/t20-/m0/s1. The van der Waals surface area contributed by atoms with Gasteiger partial charge in [-0.25, -0.2) is 13.3 Å². The number of esters is 1. The number of hydrogen-bond acceptors (Lipinski definition) is 4. The Morgan fingerprint density at radius 2 is 1.42 bits per heavy atom. The highest BCUT2D eigenvalue weighted by atomic mass is 31.2. The lowest BCUT2D eigenvalue weighted by Crippen LogP contribution is -2.25. The fraction of sp³-hybridized carbons (Fsp3) is 0.864. The maximum Gasteiger partial charge on any atom is 0.469 e. The number of ether oxygens (including phenoxy) is 1. The molecule has 0 aliphatic rings. The van der Waals surface area contributed by atoms with Gasteiger partial charge in [-0.2, -0.15) is 0 Å². The van der Waals surface area contributed by atoms with Gasteiger partial charge in [0.2, 0.25) is 6.43 Å². The Morgan fingerprint density at radius 3 is 1.94 bits per heavy atom. The summed E-state index contributed by atoms with van der Waals surface area (Å²) >= 11 is 0. The van der Waals surface area contributed by atoms with Crippen molar-refractivity contribution in [2.45, 2.75) is 116 Å². The third kappa shape index (κ3) is 23.7. The van der Waals surface area contributed by atoms with E-state index in [2.05, 4.69) is 23.6 Å². The fourth-order valence-corrected chi connectivity index (χ4v) is 3.47. The highest BCUT2D eigenvalue weighted by molar-refractivity contribution is 7.46. The predicted octanol–water partition coefficient (Wildman–Crippen LogP) is 6.70. The minimum Gasteiger partial charge on any atom is -0.460 e. The van der Waals surface area contributed by atoms with Crippen molar-refractivity contribution < 1.29 is 37.2 Å². The molecule has 6 nitrogen and oxygen atoms in total. The zero-order chi connectivity index (χ0) is 23.4. The number of carbonyl (C=O) groups excluding carboxylic acids is 1. The quantitative estimate of drug-likeness (QED) is 0.0839. The fourth-order valence-electron chi connectivity index (χ4n) is 3.11. The lowest BCUT2D eigenvalue weighted by molar-refractivity contribution is -0.153. The summed E-state index contributed by atoms with van der Waals surface area (Å²) in [6, 6.07) is 0. The number of phosphoric acid groups is 1. The molecule has 31 heavy (non-hydrogen) atoms. The molecule has 0 amide bonds. The second-order valence-corrected chi connectivity index (χ2v) is 9.10. The summed E-state index contributed by atoms with van der Waals surface area (Å²) in [5.41, 5.74) is 0. The Balaban J connectivity index is 3.68. The molecule has 0 aliphatic heterocycles. The van der Waals surface area contributed by atoms with Gasteiger partial charge in [-0.3, -0.25) is 9.32 Å². The van der Waals surface area contributed by atoms with Gasteiger partial charge in [-0.15, -0.1) is 0 Å². The van der Waals surface area contributed by atoms with Crippen LogP contribution in [0.15, 0.2) is 12.2 Å². The monoisotopic (exact) mass is 470 g/mol. The largest absolute Gasteiger partial charge is 0.469 e. The predicted molar refractivity (Wildman–Crippen MR) is 118 cm³/mol. The van der Waals surface area contributed by atoms with Crippen LogP contribution in [-0.4, -0.2) is 34.9 Å². The van der Waals surface area contributed by atoms with Crippen LogP contribution >= 0.6 is 7.82 Å². The molecule has 0 saturated heterocycles. The number of rotatable bonds is 21. The molecule has 184 valence electrons. The molecule has 0 aromatic heterocycles. The van der Waals surface area contributed by atoms with Crippen LogP contribution in [0.1, 0.15) is 103 Å². The van der Waals surface area contributed by atoms with Crippen molar-refractivity contribution in [3.8, 4) is 0 Å². The number of hydrogen-bond donors (Lipinski definition) is 2. The Hall–Kier alpha value is -0.820. The van der Waals surface area contributed by atoms with Crippen LogP contribution in [0.25, 0.3) is 0 Å². The molecule has 2 N–H and O–H groups in total. The van der Waals surface area contributed by atoms with E-state index in [1.54, 1.807) is 0 Å². The normalized spacial score (nSPS) is 13.2. The van der Waals surface area contributed by atoms with Crippen LogP contribution in [0.3, 0.4) is 0 Å². The summed E-state index contributed by atoms with van der Waals surface area (Å²) in [4.78, 5) is 29.1. The Morgan fingerprint density at radius 1 is 0.903 bits per heavy atom. The third-order valence-electron chi connectivity index (χ3n) is 4.81. The number of allylic oxidation sites excluding steroid dienone is 2. The zero-order valence-electron chi connectivity index (χ0n) is 18.9. The van der Waals surface area contributed by atoms with Crippen LogP contribution in [0, 0.1) is 0 Å². The van der Waals surface area contributed by atoms with Gasteiger partial charge in [0.1, 0.15) is 6.10 Å². The topological polar surface area (TPSA) is 93.1 Å². The highest BCUT2D eigenvalue weighted by Crippen LogP contribution is 2.36. The zero-order valence-corrected chi connectivity index (χ0v) is 19.7. The van der Waals surface area contributed by atoms with Crippen molar-refractivity contribution >= 4 is 13.8 Å². The van der Waals surface area contributed by atoms with Gasteiger partial charge >= 0.3 is 13.8 Å². The van der Waals surface area contributed by atoms with E-state index >= 15 is 0 Å². The first-order valence-corrected chi connectivity index (χ1v) is 13.1. The molecule has 0 radical (unpaired) electrons. The van der Waals surface area contributed by atoms with Crippen LogP contribution in [-0.2, 0) is 18.6 Å². The van der Waals surface area contributed by atoms with E-state index in [0.717, 1.165) is 38.5 Å². The van der Waals surface area contributed by atoms with Crippen LogP contribution in [0.2, 0.25) is 0 Å². The van der Waals surface area contributed by atoms with Gasteiger partial charge < -0.3 is 14.5 Å². The Kier molecular flexibility index (Phi) is 19.3. The van der Waals surface area contributed by atoms with Gasteiger partial charge in [0.05, 0.1) is 6.61 Å². The molecule has 0 aromatic rings. The number of phosphoric ester groups is 1. The second kappa shape index (κ2) is 19.8. The Labute approximate surface area is 186 Å². The molecule has 0 bridgehead atoms. The minimum absolute atomic E-state index is 0.0911. The van der Waals surface area contributed by atoms with Crippen molar-refractivity contribution in [3.05, 3.63) is 12.2 Å². The van der Waals surface area contributed by atoms with Crippen LogP contribution in [0.4, 0.5) is 8.78 Å². The molecular weight excluding hydrogens is 429 g/mol. The van der Waals surface area contributed by atoms with Gasteiger partial charge in [0.25, 0.3) is 0 Å². The second-order valence-electron chi connectivity index (χ2n) is 7.86. The average molecular weight is 471 g/mol. The van der Waals surface area contributed by atoms with Crippen molar-refractivity contribution in [1.29, 1.82) is 0 Å². The molecular formula is C22H41F2O6P. The van der Waals surface area contributed by atoms with Crippen molar-refractivity contribution in [2.24, 2.45) is 0 Å². The van der Waals surface area contributed by atoms with Crippen molar-refractivity contribution in [3.63, 3.8) is 0 Å². The molecule has 9 heteroatoms. The molecule has 0 saturated carbocycles. The summed E-state index contributed by atoms with van der Waals surface area (Å²) in [6.07, 6.45) is 14.3. The summed E-state index contributed by atoms with van der Waals surface area (Å²) in [7, 11) is -4.80. The highest BCUT2D eigenvalue weighted by Gasteiger charge is 2.24. The van der Waals surface area contributed by atoms with Crippen molar-refractivity contribution in [2.75, 3.05) is 6.61 Å². The van der Waals surface area contributed by atoms with E-state index in [4.69, 9.17) is 14.5 Å². The van der Waals surface area contributed by atoms with Crippen LogP contribution < -0.4 is 0 Å². The van der Waals surface area contributed by atoms with E-state index in [1.807, 2.05) is 0 Å². The molecule has 0 heterocycles. The summed E-state index contributed by atoms with van der Waals surface area (Å²) in [6.45, 7) is 1.47. The lowest BCUT2D eigenvalue weighted by atomic mass is 10.1. The minimum atomic E-state index is -4.80. The first kappa shape index (κ1) is 30.2. The molecule has 0 aliphatic carbocycles. The number of alkyl halides is 2. The molecule has 0 rings (SSSR count). The summed E-state index contributed by atoms with van der Waals surface area (Å²) < 4.78 is 44.7. The average Bonchev–Trinajstić information content (AvgIpc) is 2.68. The maximum absolute atomic E-state index is 12.5. The van der Waals surface area contributed by atoms with E-state index in [1.165, 1.54) is 38.5 Å². The summed E-state index contributed by atoms with van der Waals surface area (Å²) in [5.74, 6) is -0.655. The smallest absolute Gasteiger partial charge is 0.460 e. The molecule has 1 atom stereocenters. The van der Waals surface area contributed by atoms with Crippen LogP contribution in [0.5, 0.6) is 0 Å². The van der Waals surface area contributed by atoms with E-state index in [0.29, 0.717) is 6.42 Å². The Bertz CT molecular complexity index is 510.